The number of carbonyl (C=O) groups is 4. The summed E-state index contributed by atoms with van der Waals surface area (Å²) in [6.07, 6.45) is -0.912. The third kappa shape index (κ3) is 5.84. The van der Waals surface area contributed by atoms with Crippen molar-refractivity contribution in [2.24, 2.45) is 0 Å². The molecule has 190 valence electrons. The highest BCUT2D eigenvalue weighted by atomic mass is 16.6. The summed E-state index contributed by atoms with van der Waals surface area (Å²) in [5.74, 6) is -2.05. The number of benzene rings is 2. The first kappa shape index (κ1) is 25.2. The lowest BCUT2D eigenvalue weighted by Gasteiger charge is -2.24. The van der Waals surface area contributed by atoms with Gasteiger partial charge in [0.2, 0.25) is 5.91 Å². The number of nitrogens with one attached hydrogen (secondary N) is 2. The molecule has 1 heterocycles. The Morgan fingerprint density at radius 1 is 1.03 bits per heavy atom. The predicted molar refractivity (Wildman–Crippen MR) is 130 cm³/mol. The summed E-state index contributed by atoms with van der Waals surface area (Å²) in [7, 11) is 0. The fraction of sp³-hybridized carbons (Fsp3) is 0.407. The maximum absolute atomic E-state index is 12.8. The molecule has 9 heteroatoms. The van der Waals surface area contributed by atoms with E-state index in [4.69, 9.17) is 14.2 Å². The molecule has 36 heavy (non-hydrogen) atoms. The molecule has 1 aliphatic carbocycles. The van der Waals surface area contributed by atoms with Gasteiger partial charge < -0.3 is 24.8 Å². The van der Waals surface area contributed by atoms with E-state index in [1.807, 2.05) is 48.5 Å². The summed E-state index contributed by atoms with van der Waals surface area (Å²) >= 11 is 0. The van der Waals surface area contributed by atoms with Crippen molar-refractivity contribution in [3.8, 4) is 11.1 Å². The molecule has 1 fully saturated rings. The lowest BCUT2D eigenvalue weighted by atomic mass is 9.98. The molecular formula is C27H30N2O7. The largest absolute Gasteiger partial charge is 0.464 e. The first-order valence-electron chi connectivity index (χ1n) is 11.9. The van der Waals surface area contributed by atoms with Crippen LogP contribution >= 0.6 is 0 Å². The minimum absolute atomic E-state index is 0.0566. The number of amides is 2. The van der Waals surface area contributed by atoms with Crippen molar-refractivity contribution in [3.05, 3.63) is 59.7 Å². The Kier molecular flexibility index (Phi) is 7.28. The molecule has 0 bridgehead atoms. The Balaban J connectivity index is 1.41. The van der Waals surface area contributed by atoms with Crippen LogP contribution in [0.15, 0.2) is 48.5 Å². The molecule has 2 aliphatic rings. The molecule has 0 unspecified atom stereocenters. The molecule has 2 atom stereocenters. The molecule has 0 saturated carbocycles. The SMILES string of the molecule is CC(C)(C)OC(=O)[C@H](CC(=O)N[C@H]1CCOC1=O)NC(=O)OCC1c2ccccc2-c2ccccc21. The molecule has 9 nitrogen and oxygen atoms in total. The Labute approximate surface area is 209 Å². The van der Waals surface area contributed by atoms with E-state index < -0.39 is 48.0 Å². The Morgan fingerprint density at radius 3 is 2.19 bits per heavy atom. The van der Waals surface area contributed by atoms with Gasteiger partial charge in [-0.3, -0.25) is 4.79 Å². The third-order valence-electron chi connectivity index (χ3n) is 5.99. The molecule has 1 aliphatic heterocycles. The van der Waals surface area contributed by atoms with E-state index in [2.05, 4.69) is 10.6 Å². The van der Waals surface area contributed by atoms with Crippen molar-refractivity contribution in [2.75, 3.05) is 13.2 Å². The van der Waals surface area contributed by atoms with Gasteiger partial charge in [0.15, 0.2) is 0 Å². The number of alkyl carbamates (subject to hydrolysis) is 1. The minimum atomic E-state index is -1.29. The van der Waals surface area contributed by atoms with Gasteiger partial charge in [0.25, 0.3) is 0 Å². The number of esters is 2. The van der Waals surface area contributed by atoms with E-state index >= 15 is 0 Å². The first-order chi connectivity index (χ1) is 17.1. The second kappa shape index (κ2) is 10.4. The average Bonchev–Trinajstić information content (AvgIpc) is 3.36. The fourth-order valence-electron chi connectivity index (χ4n) is 4.41. The standard InChI is InChI=1S/C27H30N2O7/c1-27(2,3)36-25(32)22(14-23(30)28-21-12-13-34-24(21)31)29-26(33)35-15-20-18-10-6-4-8-16(18)17-9-5-7-11-19(17)20/h4-11,20-22H,12-15H2,1-3H3,(H,28,30)(H,29,33)/t21-,22-/m0/s1. The van der Waals surface area contributed by atoms with Crippen molar-refractivity contribution >= 4 is 23.9 Å². The van der Waals surface area contributed by atoms with E-state index in [1.165, 1.54) is 0 Å². The summed E-state index contributed by atoms with van der Waals surface area (Å²) in [6.45, 7) is 5.33. The summed E-state index contributed by atoms with van der Waals surface area (Å²) in [4.78, 5) is 49.7. The summed E-state index contributed by atoms with van der Waals surface area (Å²) in [6, 6.07) is 13.8. The van der Waals surface area contributed by atoms with Crippen LogP contribution in [0.1, 0.15) is 50.7 Å². The number of hydrogen-bond donors (Lipinski definition) is 2. The van der Waals surface area contributed by atoms with E-state index in [-0.39, 0.29) is 19.1 Å². The summed E-state index contributed by atoms with van der Waals surface area (Å²) in [5.41, 5.74) is 3.46. The van der Waals surface area contributed by atoms with E-state index in [1.54, 1.807) is 20.8 Å². The number of rotatable bonds is 7. The zero-order chi connectivity index (χ0) is 25.9. The third-order valence-corrected chi connectivity index (χ3v) is 5.99. The zero-order valence-electron chi connectivity index (χ0n) is 20.5. The van der Waals surface area contributed by atoms with Crippen LogP contribution in [0, 0.1) is 0 Å². The van der Waals surface area contributed by atoms with Crippen molar-refractivity contribution in [2.45, 2.75) is 57.2 Å². The van der Waals surface area contributed by atoms with Gasteiger partial charge in [-0.05, 0) is 43.0 Å². The van der Waals surface area contributed by atoms with E-state index in [0.29, 0.717) is 6.42 Å². The molecule has 2 aromatic rings. The zero-order valence-corrected chi connectivity index (χ0v) is 20.5. The lowest BCUT2D eigenvalue weighted by Crippen LogP contribution is -2.48. The van der Waals surface area contributed by atoms with Crippen LogP contribution in [0.25, 0.3) is 11.1 Å². The lowest BCUT2D eigenvalue weighted by molar-refractivity contribution is -0.158. The molecule has 2 aromatic carbocycles. The molecule has 0 spiro atoms. The number of fused-ring (bicyclic) bond motifs is 3. The maximum Gasteiger partial charge on any atom is 0.407 e. The monoisotopic (exact) mass is 494 g/mol. The predicted octanol–water partition coefficient (Wildman–Crippen LogP) is 3.06. The molecular weight excluding hydrogens is 464 g/mol. The first-order valence-corrected chi connectivity index (χ1v) is 11.9. The quantitative estimate of drug-likeness (QED) is 0.448. The number of hydrogen-bond acceptors (Lipinski definition) is 7. The topological polar surface area (TPSA) is 120 Å². The Bertz CT molecular complexity index is 1130. The highest BCUT2D eigenvalue weighted by molar-refractivity contribution is 5.90. The van der Waals surface area contributed by atoms with Gasteiger partial charge in [0.05, 0.1) is 13.0 Å². The van der Waals surface area contributed by atoms with Crippen LogP contribution in [-0.2, 0) is 28.6 Å². The summed E-state index contributed by atoms with van der Waals surface area (Å²) < 4.78 is 15.7. The summed E-state index contributed by atoms with van der Waals surface area (Å²) in [5, 5.41) is 5.00. The fourth-order valence-corrected chi connectivity index (χ4v) is 4.41. The van der Waals surface area contributed by atoms with Gasteiger partial charge >= 0.3 is 18.0 Å². The number of carbonyl (C=O) groups excluding carboxylic acids is 4. The molecule has 0 radical (unpaired) electrons. The van der Waals surface area contributed by atoms with E-state index in [0.717, 1.165) is 22.3 Å². The minimum Gasteiger partial charge on any atom is -0.464 e. The molecule has 2 amide bonds. The average molecular weight is 495 g/mol. The Morgan fingerprint density at radius 2 is 1.64 bits per heavy atom. The van der Waals surface area contributed by atoms with Gasteiger partial charge in [-0.25, -0.2) is 14.4 Å². The van der Waals surface area contributed by atoms with Crippen molar-refractivity contribution in [1.82, 2.24) is 10.6 Å². The highest BCUT2D eigenvalue weighted by Crippen LogP contribution is 2.44. The molecule has 2 N–H and O–H groups in total. The van der Waals surface area contributed by atoms with Crippen LogP contribution in [-0.4, -0.2) is 54.8 Å². The number of ether oxygens (including phenoxy) is 3. The van der Waals surface area contributed by atoms with Gasteiger partial charge in [0, 0.05) is 12.3 Å². The Hall–Kier alpha value is -3.88. The second-order valence-corrected chi connectivity index (χ2v) is 9.84. The van der Waals surface area contributed by atoms with Gasteiger partial charge in [-0.2, -0.15) is 0 Å². The van der Waals surface area contributed by atoms with Crippen molar-refractivity contribution in [3.63, 3.8) is 0 Å². The smallest absolute Gasteiger partial charge is 0.407 e. The van der Waals surface area contributed by atoms with Crippen LogP contribution in [0.2, 0.25) is 0 Å². The van der Waals surface area contributed by atoms with Gasteiger partial charge in [0.1, 0.15) is 24.3 Å². The molecule has 0 aromatic heterocycles. The normalized spacial score (nSPS) is 17.4. The second-order valence-electron chi connectivity index (χ2n) is 9.84. The molecule has 4 rings (SSSR count). The van der Waals surface area contributed by atoms with Crippen molar-refractivity contribution < 1.29 is 33.4 Å². The maximum atomic E-state index is 12.8. The van der Waals surface area contributed by atoms with Crippen LogP contribution in [0.3, 0.4) is 0 Å². The molecule has 1 saturated heterocycles. The van der Waals surface area contributed by atoms with Gasteiger partial charge in [-0.15, -0.1) is 0 Å². The number of cyclic esters (lactones) is 1. The van der Waals surface area contributed by atoms with Crippen LogP contribution in [0.5, 0.6) is 0 Å². The van der Waals surface area contributed by atoms with Crippen molar-refractivity contribution in [1.29, 1.82) is 0 Å². The van der Waals surface area contributed by atoms with Crippen LogP contribution < -0.4 is 10.6 Å². The van der Waals surface area contributed by atoms with E-state index in [9.17, 15) is 19.2 Å². The van der Waals surface area contributed by atoms with Crippen LogP contribution in [0.4, 0.5) is 4.79 Å². The van der Waals surface area contributed by atoms with Gasteiger partial charge in [-0.1, -0.05) is 48.5 Å². The highest BCUT2D eigenvalue weighted by Gasteiger charge is 2.34.